The Morgan fingerprint density at radius 1 is 1.14 bits per heavy atom. The van der Waals surface area contributed by atoms with E-state index in [-0.39, 0.29) is 35.7 Å². The molecular weight excluding hydrogens is 476 g/mol. The molecular formula is C28H31F2N5O2. The molecule has 3 aromatic heterocycles. The highest BCUT2D eigenvalue weighted by Gasteiger charge is 2.33. The van der Waals surface area contributed by atoms with Crippen LogP contribution in [-0.2, 0) is 17.8 Å². The van der Waals surface area contributed by atoms with Gasteiger partial charge in [0.05, 0.1) is 35.7 Å². The normalized spacial score (nSPS) is 22.0. The van der Waals surface area contributed by atoms with Crippen LogP contribution in [0, 0.1) is 17.6 Å². The number of ether oxygens (including phenoxy) is 1. The molecule has 4 atom stereocenters. The zero-order valence-electron chi connectivity index (χ0n) is 20.9. The Kier molecular flexibility index (Phi) is 7.28. The Balaban J connectivity index is 1.47. The van der Waals surface area contributed by atoms with Crippen molar-refractivity contribution in [3.8, 4) is 11.3 Å². The number of aliphatic hydroxyl groups excluding tert-OH is 1. The maximum absolute atomic E-state index is 15.0. The average Bonchev–Trinajstić information content (AvgIpc) is 3.27. The number of halogens is 2. The summed E-state index contributed by atoms with van der Waals surface area (Å²) < 4.78 is 36.8. The van der Waals surface area contributed by atoms with E-state index in [1.807, 2.05) is 26.1 Å². The molecule has 5 rings (SSSR count). The summed E-state index contributed by atoms with van der Waals surface area (Å²) in [7, 11) is 0. The summed E-state index contributed by atoms with van der Waals surface area (Å²) in [5, 5.41) is 14.9. The number of aromatic nitrogens is 4. The van der Waals surface area contributed by atoms with Crippen molar-refractivity contribution in [3.63, 3.8) is 0 Å². The van der Waals surface area contributed by atoms with Crippen molar-refractivity contribution in [2.24, 2.45) is 11.7 Å². The summed E-state index contributed by atoms with van der Waals surface area (Å²) in [6.45, 7) is 4.44. The van der Waals surface area contributed by atoms with Crippen LogP contribution in [0.5, 0.6) is 0 Å². The Hall–Kier alpha value is -3.27. The lowest BCUT2D eigenvalue weighted by Gasteiger charge is -2.36. The number of imidazole rings is 1. The zero-order valence-corrected chi connectivity index (χ0v) is 20.9. The van der Waals surface area contributed by atoms with Crippen LogP contribution < -0.4 is 5.73 Å². The third kappa shape index (κ3) is 5.12. The van der Waals surface area contributed by atoms with Crippen LogP contribution in [0.3, 0.4) is 0 Å². The van der Waals surface area contributed by atoms with Crippen molar-refractivity contribution in [1.82, 2.24) is 19.6 Å². The SMILES string of the molecule is CCOCc1cc(F)c(-c2ccc3cnc(Cc4cnccc4C4C[C@@H](N)[C@H](O)[C@@H](C)C4)n3n2)c(F)c1. The number of pyridine rings is 1. The van der Waals surface area contributed by atoms with Crippen molar-refractivity contribution in [2.45, 2.75) is 57.8 Å². The minimum absolute atomic E-state index is 0.0935. The first-order valence-electron chi connectivity index (χ1n) is 12.6. The smallest absolute Gasteiger partial charge is 0.135 e. The van der Waals surface area contributed by atoms with E-state index in [1.54, 1.807) is 29.0 Å². The van der Waals surface area contributed by atoms with Gasteiger partial charge < -0.3 is 15.6 Å². The fraction of sp³-hybridized carbons (Fsp3) is 0.393. The standard InChI is InChI=1S/C28H31F2N5O2/c1-3-37-15-17-9-22(29)27(23(30)10-17)25-5-4-20-14-33-26(35(20)34-25)12-19-13-32-7-6-21(19)18-8-16(2)28(36)24(31)11-18/h4-7,9-10,13-14,16,18,24,28,36H,3,8,11-12,15,31H2,1-2H3/t16-,18?,24+,28+/m0/s1. The van der Waals surface area contributed by atoms with Gasteiger partial charge in [-0.15, -0.1) is 0 Å². The van der Waals surface area contributed by atoms with E-state index in [1.165, 1.54) is 12.1 Å². The summed E-state index contributed by atoms with van der Waals surface area (Å²) in [5.74, 6) is -0.464. The van der Waals surface area contributed by atoms with Crippen LogP contribution in [0.1, 0.15) is 55.1 Å². The minimum Gasteiger partial charge on any atom is -0.391 e. The maximum atomic E-state index is 15.0. The van der Waals surface area contributed by atoms with E-state index in [0.29, 0.717) is 30.8 Å². The van der Waals surface area contributed by atoms with E-state index in [2.05, 4.69) is 15.1 Å². The van der Waals surface area contributed by atoms with Gasteiger partial charge in [0.15, 0.2) is 0 Å². The molecule has 9 heteroatoms. The quantitative estimate of drug-likeness (QED) is 0.385. The van der Waals surface area contributed by atoms with Gasteiger partial charge in [-0.05, 0) is 78.6 Å². The van der Waals surface area contributed by atoms with Crippen LogP contribution >= 0.6 is 0 Å². The lowest BCUT2D eigenvalue weighted by Crippen LogP contribution is -2.44. The second-order valence-electron chi connectivity index (χ2n) is 9.85. The summed E-state index contributed by atoms with van der Waals surface area (Å²) >= 11 is 0. The van der Waals surface area contributed by atoms with Gasteiger partial charge >= 0.3 is 0 Å². The summed E-state index contributed by atoms with van der Waals surface area (Å²) in [6.07, 6.45) is 6.72. The number of aliphatic hydroxyl groups is 1. The largest absolute Gasteiger partial charge is 0.391 e. The Morgan fingerprint density at radius 3 is 2.65 bits per heavy atom. The van der Waals surface area contributed by atoms with Crippen molar-refractivity contribution in [3.05, 3.63) is 83.1 Å². The molecule has 1 saturated carbocycles. The zero-order chi connectivity index (χ0) is 26.1. The molecule has 0 bridgehead atoms. The van der Waals surface area contributed by atoms with Crippen molar-refractivity contribution >= 4 is 5.52 Å². The van der Waals surface area contributed by atoms with Crippen molar-refractivity contribution in [2.75, 3.05) is 6.61 Å². The monoisotopic (exact) mass is 507 g/mol. The van der Waals surface area contributed by atoms with Gasteiger partial charge in [-0.3, -0.25) is 4.98 Å². The van der Waals surface area contributed by atoms with E-state index < -0.39 is 17.7 Å². The molecule has 0 radical (unpaired) electrons. The molecule has 7 nitrogen and oxygen atoms in total. The molecule has 0 saturated heterocycles. The predicted molar refractivity (Wildman–Crippen MR) is 136 cm³/mol. The van der Waals surface area contributed by atoms with E-state index >= 15 is 0 Å². The van der Waals surface area contributed by atoms with E-state index in [4.69, 9.17) is 10.5 Å². The fourth-order valence-electron chi connectivity index (χ4n) is 5.34. The first-order chi connectivity index (χ1) is 17.9. The summed E-state index contributed by atoms with van der Waals surface area (Å²) in [4.78, 5) is 8.87. The van der Waals surface area contributed by atoms with Gasteiger partial charge in [0.25, 0.3) is 0 Å². The van der Waals surface area contributed by atoms with E-state index in [0.717, 1.165) is 23.1 Å². The maximum Gasteiger partial charge on any atom is 0.135 e. The van der Waals surface area contributed by atoms with Gasteiger partial charge in [0, 0.05) is 31.5 Å². The Labute approximate surface area is 214 Å². The van der Waals surface area contributed by atoms with E-state index in [9.17, 15) is 13.9 Å². The highest BCUT2D eigenvalue weighted by atomic mass is 19.1. The first-order valence-corrected chi connectivity index (χ1v) is 12.6. The van der Waals surface area contributed by atoms with Gasteiger partial charge in [-0.25, -0.2) is 18.3 Å². The first kappa shape index (κ1) is 25.4. The van der Waals surface area contributed by atoms with Gasteiger partial charge in [0.2, 0.25) is 0 Å². The molecule has 1 unspecified atom stereocenters. The molecule has 0 amide bonds. The predicted octanol–water partition coefficient (Wildman–Crippen LogP) is 4.40. The Bertz CT molecular complexity index is 1370. The lowest BCUT2D eigenvalue weighted by atomic mass is 9.74. The average molecular weight is 508 g/mol. The van der Waals surface area contributed by atoms with Crippen LogP contribution in [0.15, 0.2) is 48.9 Å². The number of fused-ring (bicyclic) bond motifs is 1. The highest BCUT2D eigenvalue weighted by Crippen LogP contribution is 2.37. The van der Waals surface area contributed by atoms with Gasteiger partial charge in [0.1, 0.15) is 17.5 Å². The number of benzene rings is 1. The minimum atomic E-state index is -0.692. The summed E-state index contributed by atoms with van der Waals surface area (Å²) in [5.41, 5.74) is 9.47. The van der Waals surface area contributed by atoms with Crippen LogP contribution in [0.25, 0.3) is 16.8 Å². The third-order valence-corrected chi connectivity index (χ3v) is 7.25. The van der Waals surface area contributed by atoms with Gasteiger partial charge in [-0.1, -0.05) is 6.92 Å². The van der Waals surface area contributed by atoms with Crippen LogP contribution in [0.4, 0.5) is 8.78 Å². The number of nitrogens with two attached hydrogens (primary N) is 1. The topological polar surface area (TPSA) is 98.6 Å². The molecule has 37 heavy (non-hydrogen) atoms. The van der Waals surface area contributed by atoms with Crippen LogP contribution in [-0.4, -0.2) is 43.4 Å². The molecule has 0 spiro atoms. The lowest BCUT2D eigenvalue weighted by molar-refractivity contribution is 0.0519. The molecule has 1 aromatic carbocycles. The fourth-order valence-corrected chi connectivity index (χ4v) is 5.34. The molecule has 1 aliphatic rings. The number of hydrogen-bond acceptors (Lipinski definition) is 6. The second kappa shape index (κ2) is 10.6. The number of hydrogen-bond donors (Lipinski definition) is 2. The molecule has 1 fully saturated rings. The molecule has 1 aliphatic carbocycles. The molecule has 4 aromatic rings. The second-order valence-corrected chi connectivity index (χ2v) is 9.85. The highest BCUT2D eigenvalue weighted by molar-refractivity contribution is 5.63. The van der Waals surface area contributed by atoms with Gasteiger partial charge in [-0.2, -0.15) is 5.10 Å². The molecule has 194 valence electrons. The van der Waals surface area contributed by atoms with Crippen LogP contribution in [0.2, 0.25) is 0 Å². The summed E-state index contributed by atoms with van der Waals surface area (Å²) in [6, 6.07) is 7.62. The third-order valence-electron chi connectivity index (χ3n) is 7.25. The van der Waals surface area contributed by atoms with Crippen molar-refractivity contribution in [1.29, 1.82) is 0 Å². The molecule has 3 heterocycles. The molecule has 3 N–H and O–H groups in total. The molecule has 0 aliphatic heterocycles. The number of nitrogens with zero attached hydrogens (tertiary/aromatic N) is 4. The van der Waals surface area contributed by atoms with Crippen molar-refractivity contribution < 1.29 is 18.6 Å². The number of rotatable bonds is 7. The Morgan fingerprint density at radius 2 is 1.92 bits per heavy atom.